The molecule has 29 heavy (non-hydrogen) atoms. The number of para-hydroxylation sites is 1. The van der Waals surface area contributed by atoms with E-state index in [1.54, 1.807) is 11.8 Å². The molecular formula is C22H26N5OS+. The smallest absolute Gasteiger partial charge is 0.233 e. The molecule has 0 atom stereocenters. The number of benzene rings is 1. The van der Waals surface area contributed by atoms with Crippen molar-refractivity contribution in [2.45, 2.75) is 18.7 Å². The van der Waals surface area contributed by atoms with Crippen molar-refractivity contribution in [2.24, 2.45) is 0 Å². The van der Waals surface area contributed by atoms with Gasteiger partial charge in [0.05, 0.1) is 27.7 Å². The summed E-state index contributed by atoms with van der Waals surface area (Å²) in [6.45, 7) is 7.33. The fourth-order valence-corrected chi connectivity index (χ4v) is 4.68. The highest BCUT2D eigenvalue weighted by molar-refractivity contribution is 8.00. The fourth-order valence-electron chi connectivity index (χ4n) is 3.69. The van der Waals surface area contributed by atoms with Gasteiger partial charge in [0.2, 0.25) is 5.91 Å². The molecular weight excluding hydrogens is 382 g/mol. The van der Waals surface area contributed by atoms with E-state index in [0.717, 1.165) is 48.1 Å². The summed E-state index contributed by atoms with van der Waals surface area (Å²) < 4.78 is 1.96. The summed E-state index contributed by atoms with van der Waals surface area (Å²) in [7, 11) is 0. The number of pyridine rings is 1. The van der Waals surface area contributed by atoms with Crippen LogP contribution in [0.2, 0.25) is 0 Å². The molecule has 0 aliphatic carbocycles. The first-order chi connectivity index (χ1) is 14.1. The second-order valence-electron chi connectivity index (χ2n) is 7.16. The fraction of sp³-hybridized carbons (Fsp3) is 0.318. The standard InChI is InChI=1S/C22H25N5OS/c1-17-22(18(2)27(24-17)20-6-4-3-5-7-20)29-16-21(28)26-14-12-25(13-15-26)19-8-10-23-11-9-19/h3-11H,12-16H2,1-2H3/p+1. The molecule has 3 aromatic rings. The van der Waals surface area contributed by atoms with Crippen LogP contribution in [0.1, 0.15) is 11.4 Å². The molecule has 2 aromatic heterocycles. The van der Waals surface area contributed by atoms with Crippen LogP contribution in [0.4, 0.5) is 5.69 Å². The number of hydrogen-bond donors (Lipinski definition) is 0. The van der Waals surface area contributed by atoms with Gasteiger partial charge in [-0.05, 0) is 26.0 Å². The number of rotatable bonds is 5. The Kier molecular flexibility index (Phi) is 5.85. The summed E-state index contributed by atoms with van der Waals surface area (Å²) in [6, 6.07) is 14.3. The van der Waals surface area contributed by atoms with Gasteiger partial charge in [-0.1, -0.05) is 18.2 Å². The zero-order valence-corrected chi connectivity index (χ0v) is 17.7. The van der Waals surface area contributed by atoms with E-state index in [4.69, 9.17) is 0 Å². The summed E-state index contributed by atoms with van der Waals surface area (Å²) in [6.07, 6.45) is 3.87. The highest BCUT2D eigenvalue weighted by Crippen LogP contribution is 2.28. The highest BCUT2D eigenvalue weighted by Gasteiger charge is 2.22. The van der Waals surface area contributed by atoms with Gasteiger partial charge in [0.15, 0.2) is 12.4 Å². The summed E-state index contributed by atoms with van der Waals surface area (Å²) in [5.74, 6) is 0.643. The minimum absolute atomic E-state index is 0.197. The quantitative estimate of drug-likeness (QED) is 0.609. The lowest BCUT2D eigenvalue weighted by Gasteiger charge is -2.35. The number of amides is 1. The van der Waals surface area contributed by atoms with Crippen LogP contribution in [0.15, 0.2) is 59.8 Å². The van der Waals surface area contributed by atoms with Crippen molar-refractivity contribution in [3.8, 4) is 5.69 Å². The van der Waals surface area contributed by atoms with E-state index in [1.165, 1.54) is 5.69 Å². The number of anilines is 1. The van der Waals surface area contributed by atoms with Gasteiger partial charge in [0.1, 0.15) is 0 Å². The Balaban J connectivity index is 1.35. The lowest BCUT2D eigenvalue weighted by atomic mass is 10.2. The van der Waals surface area contributed by atoms with Crippen LogP contribution in [-0.2, 0) is 4.79 Å². The van der Waals surface area contributed by atoms with Crippen LogP contribution in [0, 0.1) is 13.8 Å². The third-order valence-electron chi connectivity index (χ3n) is 5.26. The van der Waals surface area contributed by atoms with Gasteiger partial charge < -0.3 is 9.80 Å². The van der Waals surface area contributed by atoms with E-state index >= 15 is 0 Å². The van der Waals surface area contributed by atoms with Crippen LogP contribution in [-0.4, -0.2) is 52.5 Å². The molecule has 0 saturated carbocycles. The van der Waals surface area contributed by atoms with Crippen molar-refractivity contribution in [1.82, 2.24) is 14.7 Å². The van der Waals surface area contributed by atoms with E-state index in [1.807, 2.05) is 59.2 Å². The molecule has 7 heteroatoms. The van der Waals surface area contributed by atoms with Crippen molar-refractivity contribution in [1.29, 1.82) is 0 Å². The number of aromatic nitrogens is 3. The number of nitrogens with one attached hydrogen (secondary N) is 1. The number of carbonyl (C=O) groups is 1. The van der Waals surface area contributed by atoms with E-state index in [2.05, 4.69) is 34.0 Å². The number of H-pyrrole nitrogens is 1. The third-order valence-corrected chi connectivity index (χ3v) is 6.53. The molecule has 1 aliphatic rings. The van der Waals surface area contributed by atoms with Gasteiger partial charge in [0.25, 0.3) is 0 Å². The Labute approximate surface area is 175 Å². The molecule has 0 unspecified atom stereocenters. The van der Waals surface area contributed by atoms with Gasteiger partial charge in [0, 0.05) is 44.0 Å². The molecule has 1 N–H and O–H groups in total. The van der Waals surface area contributed by atoms with Crippen molar-refractivity contribution in [3.05, 3.63) is 66.2 Å². The molecule has 0 spiro atoms. The largest absolute Gasteiger partial charge is 0.368 e. The monoisotopic (exact) mass is 408 g/mol. The SMILES string of the molecule is Cc1nn(-c2ccccc2)c(C)c1SCC(=O)N1CCN(c2cc[nH+]cc2)CC1. The highest BCUT2D eigenvalue weighted by atomic mass is 32.2. The Morgan fingerprint density at radius 1 is 1.00 bits per heavy atom. The van der Waals surface area contributed by atoms with E-state index in [0.29, 0.717) is 5.75 Å². The van der Waals surface area contributed by atoms with Crippen LogP contribution in [0.3, 0.4) is 0 Å². The maximum Gasteiger partial charge on any atom is 0.233 e. The van der Waals surface area contributed by atoms with Gasteiger partial charge >= 0.3 is 0 Å². The van der Waals surface area contributed by atoms with E-state index < -0.39 is 0 Å². The molecule has 3 heterocycles. The van der Waals surface area contributed by atoms with E-state index in [9.17, 15) is 4.79 Å². The summed E-state index contributed by atoms with van der Waals surface area (Å²) >= 11 is 1.60. The number of carbonyl (C=O) groups excluding carboxylic acids is 1. The normalized spacial score (nSPS) is 14.3. The summed E-state index contributed by atoms with van der Waals surface area (Å²) in [5.41, 5.74) is 4.29. The van der Waals surface area contributed by atoms with Gasteiger partial charge in [-0.3, -0.25) is 4.79 Å². The number of hydrogen-bond acceptors (Lipinski definition) is 4. The molecule has 1 amide bonds. The molecule has 150 valence electrons. The molecule has 0 bridgehead atoms. The van der Waals surface area contributed by atoms with Gasteiger partial charge in [-0.25, -0.2) is 9.67 Å². The maximum absolute atomic E-state index is 12.8. The lowest BCUT2D eigenvalue weighted by molar-refractivity contribution is -0.377. The molecule has 1 aliphatic heterocycles. The molecule has 4 rings (SSSR count). The van der Waals surface area contributed by atoms with Crippen LogP contribution < -0.4 is 9.88 Å². The van der Waals surface area contributed by atoms with Gasteiger partial charge in [-0.2, -0.15) is 5.10 Å². The summed E-state index contributed by atoms with van der Waals surface area (Å²) in [4.78, 5) is 21.2. The number of nitrogens with zero attached hydrogens (tertiary/aromatic N) is 4. The van der Waals surface area contributed by atoms with Gasteiger partial charge in [-0.15, -0.1) is 11.8 Å². The first-order valence-corrected chi connectivity index (χ1v) is 10.9. The Morgan fingerprint density at radius 2 is 1.69 bits per heavy atom. The first kappa shape index (κ1) is 19.5. The Hall–Kier alpha value is -2.80. The minimum atomic E-state index is 0.197. The maximum atomic E-state index is 12.8. The Morgan fingerprint density at radius 3 is 2.38 bits per heavy atom. The molecule has 1 saturated heterocycles. The molecule has 1 fully saturated rings. The van der Waals surface area contributed by atoms with Crippen molar-refractivity contribution in [2.75, 3.05) is 36.8 Å². The average molecular weight is 409 g/mol. The number of piperazine rings is 1. The minimum Gasteiger partial charge on any atom is -0.368 e. The molecule has 1 aromatic carbocycles. The van der Waals surface area contributed by atoms with Crippen LogP contribution in [0.5, 0.6) is 0 Å². The van der Waals surface area contributed by atoms with Crippen LogP contribution >= 0.6 is 11.8 Å². The second-order valence-corrected chi connectivity index (χ2v) is 8.15. The lowest BCUT2D eigenvalue weighted by Crippen LogP contribution is -2.49. The van der Waals surface area contributed by atoms with Crippen LogP contribution in [0.25, 0.3) is 5.69 Å². The predicted molar refractivity (Wildman–Crippen MR) is 116 cm³/mol. The van der Waals surface area contributed by atoms with Crippen molar-refractivity contribution < 1.29 is 9.78 Å². The second kappa shape index (κ2) is 8.69. The summed E-state index contributed by atoms with van der Waals surface area (Å²) in [5, 5.41) is 4.68. The topological polar surface area (TPSA) is 55.5 Å². The third kappa shape index (κ3) is 4.29. The number of thioether (sulfide) groups is 1. The predicted octanol–water partition coefficient (Wildman–Crippen LogP) is 2.74. The van der Waals surface area contributed by atoms with Crippen molar-refractivity contribution in [3.63, 3.8) is 0 Å². The number of aromatic amines is 1. The average Bonchev–Trinajstić information content (AvgIpc) is 3.07. The molecule has 6 nitrogen and oxygen atoms in total. The first-order valence-electron chi connectivity index (χ1n) is 9.87. The van der Waals surface area contributed by atoms with E-state index in [-0.39, 0.29) is 5.91 Å². The zero-order chi connectivity index (χ0) is 20.2. The number of aryl methyl sites for hydroxylation is 1. The van der Waals surface area contributed by atoms with Crippen molar-refractivity contribution >= 4 is 23.4 Å². The zero-order valence-electron chi connectivity index (χ0n) is 16.8. The Bertz CT molecular complexity index is 966. The molecule has 0 radical (unpaired) electrons.